The fourth-order valence-corrected chi connectivity index (χ4v) is 1.24. The average Bonchev–Trinajstić information content (AvgIpc) is 2.19. The Morgan fingerprint density at radius 3 is 2.57 bits per heavy atom. The van der Waals surface area contributed by atoms with E-state index >= 15 is 0 Å². The van der Waals surface area contributed by atoms with E-state index in [1.54, 1.807) is 0 Å². The maximum atomic E-state index is 10.9. The highest BCUT2D eigenvalue weighted by atomic mass is 16.5. The molecule has 14 heavy (non-hydrogen) atoms. The van der Waals surface area contributed by atoms with Gasteiger partial charge in [-0.05, 0) is 12.6 Å². The van der Waals surface area contributed by atoms with Gasteiger partial charge >= 0.3 is 5.97 Å². The Labute approximate surface area is 84.3 Å². The number of nitrogens with zero attached hydrogens (tertiary/aromatic N) is 1. The molecule has 0 aliphatic carbocycles. The number of esters is 1. The molecule has 0 unspecified atom stereocenters. The van der Waals surface area contributed by atoms with Gasteiger partial charge < -0.3 is 4.74 Å². The first-order valence-electron chi connectivity index (χ1n) is 4.51. The average molecular weight is 193 g/mol. The molecule has 76 valence electrons. The van der Waals surface area contributed by atoms with Crippen LogP contribution in [0.15, 0.2) is 30.3 Å². The summed E-state index contributed by atoms with van der Waals surface area (Å²) in [5.74, 6) is -0.205. The van der Waals surface area contributed by atoms with E-state index in [4.69, 9.17) is 0 Å². The van der Waals surface area contributed by atoms with E-state index in [2.05, 4.69) is 4.74 Å². The normalized spacial score (nSPS) is 10.2. The summed E-state index contributed by atoms with van der Waals surface area (Å²) >= 11 is 0. The highest BCUT2D eigenvalue weighted by Gasteiger charge is 2.05. The fraction of sp³-hybridized carbons (Fsp3) is 0.364. The zero-order chi connectivity index (χ0) is 10.4. The number of hydrogen-bond donors (Lipinski definition) is 0. The Hall–Kier alpha value is -1.35. The van der Waals surface area contributed by atoms with Crippen molar-refractivity contribution in [3.8, 4) is 0 Å². The van der Waals surface area contributed by atoms with E-state index in [1.165, 1.54) is 12.7 Å². The minimum atomic E-state index is -0.205. The van der Waals surface area contributed by atoms with E-state index < -0.39 is 0 Å². The van der Waals surface area contributed by atoms with Gasteiger partial charge in [0.1, 0.15) is 0 Å². The van der Waals surface area contributed by atoms with Crippen LogP contribution in [0.3, 0.4) is 0 Å². The molecule has 0 heterocycles. The summed E-state index contributed by atoms with van der Waals surface area (Å²) in [6.45, 7) is 1.08. The minimum Gasteiger partial charge on any atom is -0.468 e. The predicted molar refractivity (Wildman–Crippen MR) is 54.8 cm³/mol. The number of methoxy groups -OCH3 is 1. The van der Waals surface area contributed by atoms with Gasteiger partial charge in [-0.25, -0.2) is 0 Å². The molecule has 3 nitrogen and oxygen atoms in total. The Kier molecular flexibility index (Phi) is 4.13. The standard InChI is InChI=1S/C11H15NO2/c1-12(9-11(13)14-2)8-10-6-4-3-5-7-10/h3-7H,8-9H2,1-2H3. The summed E-state index contributed by atoms with van der Waals surface area (Å²) in [5.41, 5.74) is 1.19. The van der Waals surface area contributed by atoms with Gasteiger partial charge in [-0.15, -0.1) is 0 Å². The van der Waals surface area contributed by atoms with E-state index in [0.717, 1.165) is 6.54 Å². The number of hydrogen-bond acceptors (Lipinski definition) is 3. The van der Waals surface area contributed by atoms with Crippen LogP contribution in [0.1, 0.15) is 5.56 Å². The Morgan fingerprint density at radius 2 is 2.00 bits per heavy atom. The lowest BCUT2D eigenvalue weighted by Crippen LogP contribution is -2.26. The van der Waals surface area contributed by atoms with Gasteiger partial charge in [0.2, 0.25) is 0 Å². The second-order valence-corrected chi connectivity index (χ2v) is 3.23. The summed E-state index contributed by atoms with van der Waals surface area (Å²) in [5, 5.41) is 0. The van der Waals surface area contributed by atoms with Crippen molar-refractivity contribution < 1.29 is 9.53 Å². The lowest BCUT2D eigenvalue weighted by Gasteiger charge is -2.14. The van der Waals surface area contributed by atoms with Crippen LogP contribution in [0.2, 0.25) is 0 Å². The first-order valence-corrected chi connectivity index (χ1v) is 4.51. The van der Waals surface area contributed by atoms with Gasteiger partial charge in [-0.3, -0.25) is 9.69 Å². The van der Waals surface area contributed by atoms with Crippen molar-refractivity contribution in [3.05, 3.63) is 35.9 Å². The number of likely N-dealkylation sites (N-methyl/N-ethyl adjacent to an activating group) is 1. The zero-order valence-corrected chi connectivity index (χ0v) is 8.56. The smallest absolute Gasteiger partial charge is 0.319 e. The number of carbonyl (C=O) groups excluding carboxylic acids is 1. The summed E-state index contributed by atoms with van der Waals surface area (Å²) in [6.07, 6.45) is 0. The number of rotatable bonds is 4. The van der Waals surface area contributed by atoms with Crippen molar-refractivity contribution in [1.29, 1.82) is 0 Å². The molecule has 0 atom stereocenters. The lowest BCUT2D eigenvalue weighted by atomic mass is 10.2. The third-order valence-corrected chi connectivity index (χ3v) is 1.92. The van der Waals surface area contributed by atoms with Crippen molar-refractivity contribution in [3.63, 3.8) is 0 Å². The van der Waals surface area contributed by atoms with Crippen LogP contribution in [-0.2, 0) is 16.1 Å². The molecule has 0 saturated carbocycles. The largest absolute Gasteiger partial charge is 0.468 e. The fourth-order valence-electron chi connectivity index (χ4n) is 1.24. The van der Waals surface area contributed by atoms with Gasteiger partial charge in [0, 0.05) is 6.54 Å². The Morgan fingerprint density at radius 1 is 1.36 bits per heavy atom. The molecule has 1 aromatic carbocycles. The van der Waals surface area contributed by atoms with E-state index in [-0.39, 0.29) is 5.97 Å². The second kappa shape index (κ2) is 5.40. The monoisotopic (exact) mass is 193 g/mol. The molecule has 1 rings (SSSR count). The highest BCUT2D eigenvalue weighted by molar-refractivity contribution is 5.71. The molecule has 0 aromatic heterocycles. The molecule has 0 N–H and O–H groups in total. The molecule has 0 amide bonds. The van der Waals surface area contributed by atoms with E-state index in [9.17, 15) is 4.79 Å². The van der Waals surface area contributed by atoms with Crippen molar-refractivity contribution in [1.82, 2.24) is 4.90 Å². The van der Waals surface area contributed by atoms with E-state index in [1.807, 2.05) is 42.3 Å². The third-order valence-electron chi connectivity index (χ3n) is 1.92. The van der Waals surface area contributed by atoms with Crippen molar-refractivity contribution in [2.24, 2.45) is 0 Å². The molecule has 0 spiro atoms. The molecule has 0 aliphatic heterocycles. The second-order valence-electron chi connectivity index (χ2n) is 3.23. The van der Waals surface area contributed by atoms with Gasteiger partial charge in [0.15, 0.2) is 0 Å². The highest BCUT2D eigenvalue weighted by Crippen LogP contribution is 2.01. The molecule has 0 aliphatic rings. The SMILES string of the molecule is COC(=O)CN(C)Cc1ccccc1. The number of carbonyl (C=O) groups is 1. The molecule has 0 radical (unpaired) electrons. The Balaban J connectivity index is 2.41. The lowest BCUT2D eigenvalue weighted by molar-refractivity contribution is -0.141. The van der Waals surface area contributed by atoms with Crippen LogP contribution >= 0.6 is 0 Å². The Bertz CT molecular complexity index is 285. The summed E-state index contributed by atoms with van der Waals surface area (Å²) in [7, 11) is 3.29. The summed E-state index contributed by atoms with van der Waals surface area (Å²) in [4.78, 5) is 12.9. The van der Waals surface area contributed by atoms with Crippen LogP contribution in [0, 0.1) is 0 Å². The first kappa shape index (κ1) is 10.7. The topological polar surface area (TPSA) is 29.5 Å². The molecular formula is C11H15NO2. The van der Waals surface area contributed by atoms with Crippen LogP contribution in [0.4, 0.5) is 0 Å². The van der Waals surface area contributed by atoms with Crippen LogP contribution in [0.5, 0.6) is 0 Å². The molecule has 1 aromatic rings. The molecule has 0 saturated heterocycles. The molecule has 0 bridgehead atoms. The molecular weight excluding hydrogens is 178 g/mol. The van der Waals surface area contributed by atoms with Crippen LogP contribution in [-0.4, -0.2) is 31.6 Å². The van der Waals surface area contributed by atoms with Crippen LogP contribution < -0.4 is 0 Å². The molecule has 3 heteroatoms. The zero-order valence-electron chi connectivity index (χ0n) is 8.56. The number of ether oxygens (including phenoxy) is 1. The van der Waals surface area contributed by atoms with Crippen molar-refractivity contribution in [2.75, 3.05) is 20.7 Å². The summed E-state index contributed by atoms with van der Waals surface area (Å²) in [6, 6.07) is 10.0. The summed E-state index contributed by atoms with van der Waals surface area (Å²) < 4.78 is 4.58. The quantitative estimate of drug-likeness (QED) is 0.675. The van der Waals surface area contributed by atoms with Crippen molar-refractivity contribution >= 4 is 5.97 Å². The first-order chi connectivity index (χ1) is 6.72. The maximum absolute atomic E-state index is 10.9. The maximum Gasteiger partial charge on any atom is 0.319 e. The molecule has 0 fully saturated rings. The minimum absolute atomic E-state index is 0.205. The van der Waals surface area contributed by atoms with Crippen molar-refractivity contribution in [2.45, 2.75) is 6.54 Å². The van der Waals surface area contributed by atoms with Gasteiger partial charge in [0.25, 0.3) is 0 Å². The van der Waals surface area contributed by atoms with E-state index in [0.29, 0.717) is 6.54 Å². The predicted octanol–water partition coefficient (Wildman–Crippen LogP) is 1.29. The van der Waals surface area contributed by atoms with Gasteiger partial charge in [-0.2, -0.15) is 0 Å². The van der Waals surface area contributed by atoms with Gasteiger partial charge in [0.05, 0.1) is 13.7 Å². The van der Waals surface area contributed by atoms with Gasteiger partial charge in [-0.1, -0.05) is 30.3 Å². The number of benzene rings is 1. The third kappa shape index (κ3) is 3.58. The van der Waals surface area contributed by atoms with Crippen LogP contribution in [0.25, 0.3) is 0 Å².